The Kier molecular flexibility index (Phi) is 3.37. The van der Waals surface area contributed by atoms with Crippen molar-refractivity contribution < 1.29 is 21.6 Å². The molecular formula is C14H17NO5S2. The molecule has 3 rings (SSSR count). The van der Waals surface area contributed by atoms with Crippen LogP contribution in [-0.2, 0) is 24.7 Å². The first-order valence-corrected chi connectivity index (χ1v) is 10.2. The topological polar surface area (TPSA) is 97.4 Å². The fourth-order valence-electron chi connectivity index (χ4n) is 2.63. The minimum absolute atomic E-state index is 0.0947. The molecule has 1 aromatic carbocycles. The molecule has 2 aliphatic rings. The van der Waals surface area contributed by atoms with E-state index < -0.39 is 36.4 Å². The van der Waals surface area contributed by atoms with E-state index >= 15 is 0 Å². The molecule has 1 aromatic rings. The van der Waals surface area contributed by atoms with E-state index in [4.69, 9.17) is 0 Å². The summed E-state index contributed by atoms with van der Waals surface area (Å²) in [5, 5.41) is 0. The summed E-state index contributed by atoms with van der Waals surface area (Å²) in [6, 6.07) is 6.28. The lowest BCUT2D eigenvalue weighted by atomic mass is 9.95. The molecule has 1 heterocycles. The molecule has 0 aromatic heterocycles. The number of carbonyl (C=O) groups excluding carboxylic acids is 1. The molecule has 1 saturated carbocycles. The van der Waals surface area contributed by atoms with E-state index in [1.54, 1.807) is 25.1 Å². The maximum atomic E-state index is 12.4. The second-order valence-corrected chi connectivity index (χ2v) is 10.4. The van der Waals surface area contributed by atoms with Crippen LogP contribution in [0.25, 0.3) is 0 Å². The van der Waals surface area contributed by atoms with Gasteiger partial charge in [-0.15, -0.1) is 0 Å². The van der Waals surface area contributed by atoms with Gasteiger partial charge in [0, 0.05) is 0 Å². The Labute approximate surface area is 129 Å². The summed E-state index contributed by atoms with van der Waals surface area (Å²) < 4.78 is 49.7. The number of sulfone groups is 1. The minimum Gasteiger partial charge on any atom is -0.273 e. The van der Waals surface area contributed by atoms with Crippen LogP contribution in [0.1, 0.15) is 37.7 Å². The van der Waals surface area contributed by atoms with Crippen LogP contribution in [0, 0.1) is 0 Å². The van der Waals surface area contributed by atoms with E-state index in [9.17, 15) is 21.6 Å². The first-order valence-electron chi connectivity index (χ1n) is 7.04. The molecule has 1 atom stereocenters. The molecule has 22 heavy (non-hydrogen) atoms. The zero-order valence-corrected chi connectivity index (χ0v) is 13.7. The fourth-order valence-corrected chi connectivity index (χ4v) is 5.55. The summed E-state index contributed by atoms with van der Waals surface area (Å²) >= 11 is 0. The van der Waals surface area contributed by atoms with Crippen molar-refractivity contribution in [3.63, 3.8) is 0 Å². The molecular weight excluding hydrogens is 326 g/mol. The minimum atomic E-state index is -3.72. The van der Waals surface area contributed by atoms with E-state index in [0.29, 0.717) is 18.4 Å². The Hall–Kier alpha value is -1.41. The van der Waals surface area contributed by atoms with Crippen LogP contribution >= 0.6 is 0 Å². The average Bonchev–Trinajstić information content (AvgIpc) is 3.18. The highest BCUT2D eigenvalue weighted by atomic mass is 32.2. The molecule has 1 N–H and O–H groups in total. The van der Waals surface area contributed by atoms with Crippen molar-refractivity contribution in [2.45, 2.75) is 41.7 Å². The normalized spacial score (nSPS) is 25.0. The number of hydrogen-bond acceptors (Lipinski definition) is 5. The van der Waals surface area contributed by atoms with Crippen LogP contribution in [0.2, 0.25) is 0 Å². The maximum absolute atomic E-state index is 12.4. The molecule has 1 amide bonds. The summed E-state index contributed by atoms with van der Waals surface area (Å²) in [7, 11) is -7.11. The number of rotatable bonds is 3. The van der Waals surface area contributed by atoms with E-state index in [1.807, 2.05) is 0 Å². The van der Waals surface area contributed by atoms with Crippen molar-refractivity contribution in [2.24, 2.45) is 0 Å². The largest absolute Gasteiger partial charge is 0.273 e. The number of amides is 1. The van der Waals surface area contributed by atoms with E-state index in [0.717, 1.165) is 0 Å². The van der Waals surface area contributed by atoms with Gasteiger partial charge in [-0.05, 0) is 37.8 Å². The number of sulfonamides is 1. The van der Waals surface area contributed by atoms with Crippen molar-refractivity contribution in [1.29, 1.82) is 0 Å². The summed E-state index contributed by atoms with van der Waals surface area (Å²) in [6.45, 7) is 1.60. The third kappa shape index (κ3) is 2.44. The second kappa shape index (κ2) is 4.79. The Balaban J connectivity index is 1.92. The van der Waals surface area contributed by atoms with Gasteiger partial charge in [-0.25, -0.2) is 16.8 Å². The second-order valence-electron chi connectivity index (χ2n) is 6.12. The van der Waals surface area contributed by atoms with Crippen molar-refractivity contribution in [3.8, 4) is 0 Å². The molecule has 120 valence electrons. The molecule has 1 fully saturated rings. The smallest absolute Gasteiger partial charge is 0.241 e. The summed E-state index contributed by atoms with van der Waals surface area (Å²) in [5.74, 6) is -1.55. The summed E-state index contributed by atoms with van der Waals surface area (Å²) in [4.78, 5) is 12.5. The maximum Gasteiger partial charge on any atom is 0.241 e. The summed E-state index contributed by atoms with van der Waals surface area (Å²) in [6.07, 6.45) is 1.16. The van der Waals surface area contributed by atoms with Crippen molar-refractivity contribution >= 4 is 25.8 Å². The summed E-state index contributed by atoms with van der Waals surface area (Å²) in [5.41, 5.74) is 0.377. The number of hydrogen-bond donors (Lipinski definition) is 1. The Morgan fingerprint density at radius 3 is 2.55 bits per heavy atom. The Bertz CT molecular complexity index is 838. The molecule has 6 nitrogen and oxygen atoms in total. The highest BCUT2D eigenvalue weighted by Crippen LogP contribution is 2.42. The molecule has 8 heteroatoms. The molecule has 0 bridgehead atoms. The van der Waals surface area contributed by atoms with Gasteiger partial charge in [-0.2, -0.15) is 0 Å². The predicted molar refractivity (Wildman–Crippen MR) is 80.6 cm³/mol. The standard InChI is InChI=1S/C14H17NO5S2/c1-14(7-8-14)22(19,20)15-13(16)11-6-9-21(17,18)12-5-3-2-4-10(11)12/h2-5,11H,6-9H2,1H3,(H,15,16). The highest BCUT2D eigenvalue weighted by Gasteiger charge is 2.51. The first-order chi connectivity index (χ1) is 10.2. The highest BCUT2D eigenvalue weighted by molar-refractivity contribution is 7.92. The van der Waals surface area contributed by atoms with E-state index in [2.05, 4.69) is 4.72 Å². The third-order valence-corrected chi connectivity index (χ3v) is 8.45. The molecule has 1 unspecified atom stereocenters. The number of carbonyl (C=O) groups is 1. The van der Waals surface area contributed by atoms with Gasteiger partial charge in [-0.3, -0.25) is 9.52 Å². The van der Waals surface area contributed by atoms with Gasteiger partial charge < -0.3 is 0 Å². The number of fused-ring (bicyclic) bond motifs is 1. The molecule has 0 spiro atoms. The Morgan fingerprint density at radius 1 is 1.27 bits per heavy atom. The van der Waals surface area contributed by atoms with Gasteiger partial charge in [-0.1, -0.05) is 18.2 Å². The monoisotopic (exact) mass is 343 g/mol. The molecule has 0 radical (unpaired) electrons. The first kappa shape index (κ1) is 15.5. The van der Waals surface area contributed by atoms with Gasteiger partial charge >= 0.3 is 0 Å². The van der Waals surface area contributed by atoms with Crippen molar-refractivity contribution in [3.05, 3.63) is 29.8 Å². The zero-order valence-electron chi connectivity index (χ0n) is 12.1. The lowest BCUT2D eigenvalue weighted by Gasteiger charge is -2.25. The SMILES string of the molecule is CC1(S(=O)(=O)NC(=O)C2CCS(=O)(=O)c3ccccc32)CC1. The van der Waals surface area contributed by atoms with Crippen LogP contribution in [0.4, 0.5) is 0 Å². The van der Waals surface area contributed by atoms with Crippen LogP contribution in [0.5, 0.6) is 0 Å². The lowest BCUT2D eigenvalue weighted by Crippen LogP contribution is -2.42. The number of nitrogens with one attached hydrogen (secondary N) is 1. The van der Waals surface area contributed by atoms with Crippen LogP contribution in [0.3, 0.4) is 0 Å². The van der Waals surface area contributed by atoms with E-state index in [-0.39, 0.29) is 17.1 Å². The number of benzene rings is 1. The van der Waals surface area contributed by atoms with Gasteiger partial charge in [0.1, 0.15) is 0 Å². The molecule has 1 aliphatic carbocycles. The Morgan fingerprint density at radius 2 is 1.91 bits per heavy atom. The van der Waals surface area contributed by atoms with Crippen LogP contribution in [0.15, 0.2) is 29.2 Å². The third-order valence-electron chi connectivity index (χ3n) is 4.46. The predicted octanol–water partition coefficient (Wildman–Crippen LogP) is 0.946. The van der Waals surface area contributed by atoms with E-state index in [1.165, 1.54) is 6.07 Å². The average molecular weight is 343 g/mol. The fraction of sp³-hybridized carbons (Fsp3) is 0.500. The lowest BCUT2D eigenvalue weighted by molar-refractivity contribution is -0.120. The van der Waals surface area contributed by atoms with Gasteiger partial charge in [0.05, 0.1) is 21.3 Å². The van der Waals surface area contributed by atoms with Gasteiger partial charge in [0.25, 0.3) is 0 Å². The van der Waals surface area contributed by atoms with Crippen molar-refractivity contribution in [2.75, 3.05) is 5.75 Å². The van der Waals surface area contributed by atoms with Crippen molar-refractivity contribution in [1.82, 2.24) is 4.72 Å². The molecule has 1 aliphatic heterocycles. The quantitative estimate of drug-likeness (QED) is 0.881. The van der Waals surface area contributed by atoms with Crippen LogP contribution < -0.4 is 4.72 Å². The molecule has 0 saturated heterocycles. The van der Waals surface area contributed by atoms with Gasteiger partial charge in [0.2, 0.25) is 15.9 Å². The van der Waals surface area contributed by atoms with Crippen LogP contribution in [-0.4, -0.2) is 33.2 Å². The van der Waals surface area contributed by atoms with Gasteiger partial charge in [0.15, 0.2) is 9.84 Å². The zero-order chi connectivity index (χ0) is 16.2.